The molecule has 3 heteroatoms. The lowest BCUT2D eigenvalue weighted by Crippen LogP contribution is -1.98. The SMILES string of the molecule is Cc1cc(Br)ccc1C(Cl)Cc1ccc(F)cc1. The first-order chi connectivity index (χ1) is 8.56. The highest BCUT2D eigenvalue weighted by Crippen LogP contribution is 2.29. The number of halogens is 3. The van der Waals surface area contributed by atoms with E-state index in [1.807, 2.05) is 19.1 Å². The average Bonchev–Trinajstić information content (AvgIpc) is 2.32. The molecule has 0 N–H and O–H groups in total. The molecule has 1 atom stereocenters. The van der Waals surface area contributed by atoms with Gasteiger partial charge in [-0.1, -0.05) is 34.1 Å². The zero-order chi connectivity index (χ0) is 13.1. The van der Waals surface area contributed by atoms with Gasteiger partial charge in [-0.15, -0.1) is 11.6 Å². The summed E-state index contributed by atoms with van der Waals surface area (Å²) in [7, 11) is 0. The fourth-order valence-corrected chi connectivity index (χ4v) is 2.83. The molecule has 0 bridgehead atoms. The predicted molar refractivity (Wildman–Crippen MR) is 77.6 cm³/mol. The molecule has 0 heterocycles. The van der Waals surface area contributed by atoms with Crippen molar-refractivity contribution in [3.63, 3.8) is 0 Å². The molecule has 1 unspecified atom stereocenters. The second-order valence-electron chi connectivity index (χ2n) is 4.30. The first-order valence-electron chi connectivity index (χ1n) is 5.71. The third-order valence-corrected chi connectivity index (χ3v) is 3.78. The maximum Gasteiger partial charge on any atom is 0.123 e. The number of hydrogen-bond donors (Lipinski definition) is 0. The second-order valence-corrected chi connectivity index (χ2v) is 5.74. The van der Waals surface area contributed by atoms with Crippen molar-refractivity contribution < 1.29 is 4.39 Å². The van der Waals surface area contributed by atoms with Crippen LogP contribution in [-0.2, 0) is 6.42 Å². The van der Waals surface area contributed by atoms with E-state index in [4.69, 9.17) is 11.6 Å². The zero-order valence-electron chi connectivity index (χ0n) is 9.96. The van der Waals surface area contributed by atoms with Crippen LogP contribution in [0.25, 0.3) is 0 Å². The van der Waals surface area contributed by atoms with Crippen LogP contribution >= 0.6 is 27.5 Å². The van der Waals surface area contributed by atoms with E-state index < -0.39 is 0 Å². The molecule has 0 saturated heterocycles. The van der Waals surface area contributed by atoms with Gasteiger partial charge in [0.1, 0.15) is 5.82 Å². The van der Waals surface area contributed by atoms with Gasteiger partial charge in [0.15, 0.2) is 0 Å². The molecule has 0 amide bonds. The highest BCUT2D eigenvalue weighted by Gasteiger charge is 2.11. The van der Waals surface area contributed by atoms with Crippen LogP contribution in [0.5, 0.6) is 0 Å². The lowest BCUT2D eigenvalue weighted by Gasteiger charge is -2.13. The van der Waals surface area contributed by atoms with E-state index in [0.717, 1.165) is 21.2 Å². The van der Waals surface area contributed by atoms with E-state index in [1.54, 1.807) is 12.1 Å². The summed E-state index contributed by atoms with van der Waals surface area (Å²) >= 11 is 9.86. The van der Waals surface area contributed by atoms with Gasteiger partial charge in [-0.05, 0) is 54.3 Å². The molecule has 18 heavy (non-hydrogen) atoms. The van der Waals surface area contributed by atoms with E-state index in [-0.39, 0.29) is 11.2 Å². The van der Waals surface area contributed by atoms with Crippen molar-refractivity contribution in [3.8, 4) is 0 Å². The number of aryl methyl sites for hydroxylation is 1. The first-order valence-corrected chi connectivity index (χ1v) is 6.94. The van der Waals surface area contributed by atoms with Gasteiger partial charge in [-0.2, -0.15) is 0 Å². The minimum Gasteiger partial charge on any atom is -0.207 e. The second kappa shape index (κ2) is 5.85. The van der Waals surface area contributed by atoms with Crippen LogP contribution in [0.3, 0.4) is 0 Å². The van der Waals surface area contributed by atoms with Gasteiger partial charge < -0.3 is 0 Å². The van der Waals surface area contributed by atoms with E-state index in [1.165, 1.54) is 12.1 Å². The van der Waals surface area contributed by atoms with Crippen molar-refractivity contribution in [2.24, 2.45) is 0 Å². The predicted octanol–water partition coefficient (Wildman–Crippen LogP) is 5.42. The Kier molecular flexibility index (Phi) is 4.41. The Bertz CT molecular complexity index is 537. The standard InChI is InChI=1S/C15H13BrClF/c1-10-8-12(16)4-7-14(10)15(17)9-11-2-5-13(18)6-3-11/h2-8,15H,9H2,1H3. The smallest absolute Gasteiger partial charge is 0.123 e. The molecule has 0 aliphatic carbocycles. The molecule has 0 saturated carbocycles. The highest BCUT2D eigenvalue weighted by molar-refractivity contribution is 9.10. The number of rotatable bonds is 3. The van der Waals surface area contributed by atoms with Crippen molar-refractivity contribution in [2.45, 2.75) is 18.7 Å². The molecule has 2 rings (SSSR count). The summed E-state index contributed by atoms with van der Waals surface area (Å²) in [5, 5.41) is -0.0939. The van der Waals surface area contributed by atoms with Gasteiger partial charge in [0.05, 0.1) is 5.38 Å². The summed E-state index contributed by atoms with van der Waals surface area (Å²) in [6, 6.07) is 12.6. The Labute approximate surface area is 120 Å². The third-order valence-electron chi connectivity index (χ3n) is 2.90. The maximum atomic E-state index is 12.8. The van der Waals surface area contributed by atoms with Crippen molar-refractivity contribution in [1.82, 2.24) is 0 Å². The molecular formula is C15H13BrClF. The van der Waals surface area contributed by atoms with Crippen LogP contribution in [0.2, 0.25) is 0 Å². The summed E-state index contributed by atoms with van der Waals surface area (Å²) < 4.78 is 13.9. The van der Waals surface area contributed by atoms with Crippen molar-refractivity contribution in [2.75, 3.05) is 0 Å². The van der Waals surface area contributed by atoms with Crippen molar-refractivity contribution >= 4 is 27.5 Å². The third kappa shape index (κ3) is 3.33. The minimum atomic E-state index is -0.218. The van der Waals surface area contributed by atoms with Gasteiger partial charge in [0, 0.05) is 4.47 Å². The topological polar surface area (TPSA) is 0 Å². The molecule has 0 spiro atoms. The molecule has 2 aromatic rings. The van der Waals surface area contributed by atoms with Crippen LogP contribution in [0.4, 0.5) is 4.39 Å². The Morgan fingerprint density at radius 3 is 2.44 bits per heavy atom. The van der Waals surface area contributed by atoms with Gasteiger partial charge in [-0.25, -0.2) is 4.39 Å². The van der Waals surface area contributed by atoms with E-state index in [0.29, 0.717) is 6.42 Å². The summed E-state index contributed by atoms with van der Waals surface area (Å²) in [4.78, 5) is 0. The number of benzene rings is 2. The fraction of sp³-hybridized carbons (Fsp3) is 0.200. The molecule has 0 fully saturated rings. The minimum absolute atomic E-state index is 0.0939. The van der Waals surface area contributed by atoms with Gasteiger partial charge in [-0.3, -0.25) is 0 Å². The Morgan fingerprint density at radius 2 is 1.83 bits per heavy atom. The van der Waals surface area contributed by atoms with Gasteiger partial charge >= 0.3 is 0 Å². The molecule has 0 radical (unpaired) electrons. The molecule has 0 aliphatic rings. The lowest BCUT2D eigenvalue weighted by atomic mass is 10.0. The molecule has 0 aromatic heterocycles. The van der Waals surface area contributed by atoms with Crippen LogP contribution < -0.4 is 0 Å². The number of alkyl halides is 1. The summed E-state index contributed by atoms with van der Waals surface area (Å²) in [5.41, 5.74) is 3.31. The Morgan fingerprint density at radius 1 is 1.17 bits per heavy atom. The van der Waals surface area contributed by atoms with Crippen LogP contribution in [-0.4, -0.2) is 0 Å². The van der Waals surface area contributed by atoms with E-state index in [2.05, 4.69) is 22.0 Å². The lowest BCUT2D eigenvalue weighted by molar-refractivity contribution is 0.627. The Balaban J connectivity index is 2.16. The van der Waals surface area contributed by atoms with Crippen LogP contribution in [0.1, 0.15) is 22.1 Å². The zero-order valence-corrected chi connectivity index (χ0v) is 12.3. The molecular weight excluding hydrogens is 315 g/mol. The summed E-state index contributed by atoms with van der Waals surface area (Å²) in [5.74, 6) is -0.218. The molecule has 0 aliphatic heterocycles. The number of hydrogen-bond acceptors (Lipinski definition) is 0. The highest BCUT2D eigenvalue weighted by atomic mass is 79.9. The molecule has 0 nitrogen and oxygen atoms in total. The monoisotopic (exact) mass is 326 g/mol. The molecule has 2 aromatic carbocycles. The van der Waals surface area contributed by atoms with Crippen LogP contribution in [0, 0.1) is 12.7 Å². The quantitative estimate of drug-likeness (QED) is 0.660. The van der Waals surface area contributed by atoms with E-state index >= 15 is 0 Å². The maximum absolute atomic E-state index is 12.8. The van der Waals surface area contributed by atoms with Crippen molar-refractivity contribution in [1.29, 1.82) is 0 Å². The van der Waals surface area contributed by atoms with Gasteiger partial charge in [0.2, 0.25) is 0 Å². The van der Waals surface area contributed by atoms with Crippen molar-refractivity contribution in [3.05, 3.63) is 69.4 Å². The van der Waals surface area contributed by atoms with Gasteiger partial charge in [0.25, 0.3) is 0 Å². The fourth-order valence-electron chi connectivity index (χ4n) is 1.93. The first kappa shape index (κ1) is 13.6. The van der Waals surface area contributed by atoms with E-state index in [9.17, 15) is 4.39 Å². The van der Waals surface area contributed by atoms with Crippen LogP contribution in [0.15, 0.2) is 46.9 Å². The largest absolute Gasteiger partial charge is 0.207 e. The summed E-state index contributed by atoms with van der Waals surface area (Å²) in [6.45, 7) is 2.04. The average molecular weight is 328 g/mol. The normalized spacial score (nSPS) is 12.4. The summed E-state index contributed by atoms with van der Waals surface area (Å²) in [6.07, 6.45) is 0.699. The Hall–Kier alpha value is -0.860. The molecule has 94 valence electrons.